The number of rotatable bonds is 4. The topological polar surface area (TPSA) is 94.1 Å². The zero-order chi connectivity index (χ0) is 16.4. The molecule has 120 valence electrons. The number of aromatic nitrogens is 3. The van der Waals surface area contributed by atoms with Crippen molar-refractivity contribution in [3.05, 3.63) is 42.1 Å². The van der Waals surface area contributed by atoms with Gasteiger partial charge < -0.3 is 15.2 Å². The van der Waals surface area contributed by atoms with Crippen LogP contribution in [0.4, 0.5) is 0 Å². The zero-order valence-corrected chi connectivity index (χ0v) is 13.5. The number of thioether (sulfide) groups is 1. The number of carbonyl (C=O) groups excluding carboxylic acids is 2. The molecule has 7 nitrogen and oxygen atoms in total. The fourth-order valence-electron chi connectivity index (χ4n) is 2.55. The summed E-state index contributed by atoms with van der Waals surface area (Å²) in [5.74, 6) is 0.228. The largest absolute Gasteiger partial charge is 0.364 e. The molecule has 1 atom stereocenters. The molecule has 0 fully saturated rings. The van der Waals surface area contributed by atoms with E-state index in [1.165, 1.54) is 18.0 Å². The Morgan fingerprint density at radius 3 is 2.83 bits per heavy atom. The van der Waals surface area contributed by atoms with Crippen LogP contribution in [0, 0.1) is 0 Å². The Morgan fingerprint density at radius 2 is 2.13 bits per heavy atom. The molecule has 8 heteroatoms. The first-order valence-corrected chi connectivity index (χ1v) is 8.15. The molecule has 3 heterocycles. The molecule has 0 bridgehead atoms. The zero-order valence-electron chi connectivity index (χ0n) is 12.7. The van der Waals surface area contributed by atoms with Gasteiger partial charge in [0, 0.05) is 19.3 Å². The van der Waals surface area contributed by atoms with Gasteiger partial charge in [0.1, 0.15) is 11.5 Å². The Bertz CT molecular complexity index is 731. The fraction of sp³-hybridized carbons (Fsp3) is 0.333. The predicted octanol–water partition coefficient (Wildman–Crippen LogP) is 0.900. The lowest BCUT2D eigenvalue weighted by molar-refractivity contribution is -0.131. The number of hydrogen-bond acceptors (Lipinski definition) is 5. The van der Waals surface area contributed by atoms with Gasteiger partial charge >= 0.3 is 0 Å². The van der Waals surface area contributed by atoms with Gasteiger partial charge in [-0.3, -0.25) is 9.59 Å². The van der Waals surface area contributed by atoms with Gasteiger partial charge in [-0.05, 0) is 19.1 Å². The lowest BCUT2D eigenvalue weighted by Gasteiger charge is -2.30. The highest BCUT2D eigenvalue weighted by Crippen LogP contribution is 2.24. The van der Waals surface area contributed by atoms with Crippen LogP contribution in [0.5, 0.6) is 0 Å². The van der Waals surface area contributed by atoms with Crippen molar-refractivity contribution >= 4 is 23.6 Å². The van der Waals surface area contributed by atoms with Crippen molar-refractivity contribution in [1.29, 1.82) is 0 Å². The van der Waals surface area contributed by atoms with Crippen LogP contribution >= 0.6 is 11.8 Å². The Kier molecular flexibility index (Phi) is 4.33. The van der Waals surface area contributed by atoms with Crippen molar-refractivity contribution in [2.24, 2.45) is 5.73 Å². The molecular formula is C15H17N5O2S. The number of primary amides is 1. The van der Waals surface area contributed by atoms with Gasteiger partial charge in [0.05, 0.1) is 23.0 Å². The van der Waals surface area contributed by atoms with Gasteiger partial charge in [-0.1, -0.05) is 17.8 Å². The van der Waals surface area contributed by atoms with Gasteiger partial charge in [-0.2, -0.15) is 0 Å². The van der Waals surface area contributed by atoms with Crippen LogP contribution < -0.4 is 5.73 Å². The summed E-state index contributed by atoms with van der Waals surface area (Å²) in [7, 11) is 0. The minimum Gasteiger partial charge on any atom is -0.364 e. The van der Waals surface area contributed by atoms with E-state index in [1.54, 1.807) is 15.7 Å². The third-order valence-corrected chi connectivity index (χ3v) is 4.75. The van der Waals surface area contributed by atoms with E-state index in [9.17, 15) is 9.59 Å². The number of hydrogen-bond donors (Lipinski definition) is 1. The summed E-state index contributed by atoms with van der Waals surface area (Å²) in [6.45, 7) is 3.33. The molecule has 0 saturated heterocycles. The Balaban J connectivity index is 1.68. The van der Waals surface area contributed by atoms with Crippen molar-refractivity contribution in [3.8, 4) is 0 Å². The molecule has 23 heavy (non-hydrogen) atoms. The highest BCUT2D eigenvalue weighted by molar-refractivity contribution is 8.00. The van der Waals surface area contributed by atoms with Crippen molar-refractivity contribution in [2.75, 3.05) is 6.54 Å². The maximum absolute atomic E-state index is 12.6. The molecule has 0 radical (unpaired) electrons. The van der Waals surface area contributed by atoms with E-state index in [0.29, 0.717) is 31.2 Å². The molecule has 0 unspecified atom stereocenters. The normalized spacial score (nSPS) is 15.1. The number of nitrogens with two attached hydrogens (primary N) is 1. The second-order valence-electron chi connectivity index (χ2n) is 5.26. The second-order valence-corrected chi connectivity index (χ2v) is 6.62. The van der Waals surface area contributed by atoms with Crippen LogP contribution in [-0.4, -0.2) is 43.0 Å². The van der Waals surface area contributed by atoms with Gasteiger partial charge in [-0.25, -0.2) is 9.97 Å². The Hall–Kier alpha value is -2.35. The Labute approximate surface area is 137 Å². The second kappa shape index (κ2) is 6.41. The van der Waals surface area contributed by atoms with Crippen LogP contribution in [0.2, 0.25) is 0 Å². The van der Waals surface area contributed by atoms with E-state index in [2.05, 4.69) is 9.97 Å². The summed E-state index contributed by atoms with van der Waals surface area (Å²) in [4.78, 5) is 34.1. The lowest BCUT2D eigenvalue weighted by Crippen LogP contribution is -2.42. The maximum Gasteiger partial charge on any atom is 0.266 e. The first-order valence-electron chi connectivity index (χ1n) is 7.27. The minimum absolute atomic E-state index is 0.0375. The molecule has 0 spiro atoms. The lowest BCUT2D eigenvalue weighted by atomic mass is 10.3. The van der Waals surface area contributed by atoms with Gasteiger partial charge in [0.25, 0.3) is 5.91 Å². The van der Waals surface area contributed by atoms with E-state index >= 15 is 0 Å². The SMILES string of the molecule is C[C@@H](Sc1ccccn1)C(=O)N1CCn2c(C(N)=O)cnc2C1. The third-order valence-electron chi connectivity index (χ3n) is 3.71. The summed E-state index contributed by atoms with van der Waals surface area (Å²) in [5.41, 5.74) is 5.71. The molecule has 2 aromatic rings. The van der Waals surface area contributed by atoms with Gasteiger partial charge in [0.15, 0.2) is 0 Å². The average molecular weight is 331 g/mol. The molecule has 2 N–H and O–H groups in total. The summed E-state index contributed by atoms with van der Waals surface area (Å²) in [6, 6.07) is 5.63. The van der Waals surface area contributed by atoms with Crippen molar-refractivity contribution in [1.82, 2.24) is 19.4 Å². The molecule has 0 aromatic carbocycles. The molecule has 0 aliphatic carbocycles. The van der Waals surface area contributed by atoms with Crippen LogP contribution in [0.1, 0.15) is 23.2 Å². The van der Waals surface area contributed by atoms with Crippen LogP contribution in [0.15, 0.2) is 35.6 Å². The summed E-state index contributed by atoms with van der Waals surface area (Å²) < 4.78 is 1.78. The fourth-order valence-corrected chi connectivity index (χ4v) is 3.44. The van der Waals surface area contributed by atoms with Crippen LogP contribution in [-0.2, 0) is 17.9 Å². The van der Waals surface area contributed by atoms with E-state index in [-0.39, 0.29) is 11.2 Å². The number of imidazole rings is 1. The first-order chi connectivity index (χ1) is 11.1. The average Bonchev–Trinajstić information content (AvgIpc) is 2.98. The van der Waals surface area contributed by atoms with E-state index < -0.39 is 5.91 Å². The van der Waals surface area contributed by atoms with Gasteiger partial charge in [0.2, 0.25) is 5.91 Å². The van der Waals surface area contributed by atoms with E-state index in [1.807, 2.05) is 25.1 Å². The summed E-state index contributed by atoms with van der Waals surface area (Å²) >= 11 is 1.43. The van der Waals surface area contributed by atoms with Crippen LogP contribution in [0.25, 0.3) is 0 Å². The van der Waals surface area contributed by atoms with Crippen molar-refractivity contribution in [3.63, 3.8) is 0 Å². The van der Waals surface area contributed by atoms with Crippen molar-refractivity contribution in [2.45, 2.75) is 30.3 Å². The van der Waals surface area contributed by atoms with Gasteiger partial charge in [-0.15, -0.1) is 0 Å². The highest BCUT2D eigenvalue weighted by atomic mass is 32.2. The molecule has 0 saturated carbocycles. The van der Waals surface area contributed by atoms with Crippen molar-refractivity contribution < 1.29 is 9.59 Å². The molecule has 2 aromatic heterocycles. The number of pyridine rings is 1. The van der Waals surface area contributed by atoms with Crippen LogP contribution in [0.3, 0.4) is 0 Å². The molecule has 1 aliphatic heterocycles. The number of fused-ring (bicyclic) bond motifs is 1. The number of amides is 2. The molecule has 3 rings (SSSR count). The molecular weight excluding hydrogens is 314 g/mol. The number of carbonyl (C=O) groups is 2. The molecule has 1 aliphatic rings. The smallest absolute Gasteiger partial charge is 0.266 e. The van der Waals surface area contributed by atoms with E-state index in [0.717, 1.165) is 5.03 Å². The Morgan fingerprint density at radius 1 is 1.30 bits per heavy atom. The standard InChI is InChI=1S/C15H17N5O2S/c1-10(23-13-4-2-3-5-17-13)15(22)19-6-7-20-11(14(16)21)8-18-12(20)9-19/h2-5,8,10H,6-7,9H2,1H3,(H2,16,21)/t10-/m1/s1. The van der Waals surface area contributed by atoms with E-state index in [4.69, 9.17) is 5.73 Å². The summed E-state index contributed by atoms with van der Waals surface area (Å²) in [6.07, 6.45) is 3.18. The monoisotopic (exact) mass is 331 g/mol. The first kappa shape index (κ1) is 15.5. The number of nitrogens with zero attached hydrogens (tertiary/aromatic N) is 4. The third kappa shape index (κ3) is 3.21. The highest BCUT2D eigenvalue weighted by Gasteiger charge is 2.28. The quantitative estimate of drug-likeness (QED) is 0.840. The minimum atomic E-state index is -0.498. The molecule has 2 amide bonds. The predicted molar refractivity (Wildman–Crippen MR) is 85.7 cm³/mol. The maximum atomic E-state index is 12.6. The summed E-state index contributed by atoms with van der Waals surface area (Å²) in [5, 5.41) is 0.588.